The number of hydrogen-bond donors (Lipinski definition) is 0. The Hall–Kier alpha value is -0.00312. The first kappa shape index (κ1) is 18.0. The molecule has 1 aliphatic rings. The van der Waals surface area contributed by atoms with E-state index in [1.165, 1.54) is 0 Å². The van der Waals surface area contributed by atoms with Gasteiger partial charge in [-0.3, -0.25) is 0 Å². The van der Waals surface area contributed by atoms with Crippen molar-refractivity contribution >= 4 is 25.0 Å². The lowest BCUT2D eigenvalue weighted by Crippen LogP contribution is -2.54. The minimum Gasteiger partial charge on any atom is -0.411 e. The van der Waals surface area contributed by atoms with E-state index < -0.39 is 19.3 Å². The van der Waals surface area contributed by atoms with E-state index in [9.17, 15) is 4.21 Å². The molecule has 1 saturated carbocycles. The molecule has 1 fully saturated rings. The Labute approximate surface area is 128 Å². The van der Waals surface area contributed by atoms with Crippen molar-refractivity contribution in [1.82, 2.24) is 0 Å². The van der Waals surface area contributed by atoms with E-state index in [0.29, 0.717) is 0 Å². The Balaban J connectivity index is 2.68. The third-order valence-electron chi connectivity index (χ3n) is 4.20. The zero-order valence-electron chi connectivity index (χ0n) is 14.6. The maximum Gasteiger partial charge on any atom is 0.192 e. The first-order chi connectivity index (χ1) is 8.66. The summed E-state index contributed by atoms with van der Waals surface area (Å²) in [5.41, 5.74) is 0.934. The van der Waals surface area contributed by atoms with Crippen LogP contribution in [-0.4, -0.2) is 28.6 Å². The molecule has 0 N–H and O–H groups in total. The van der Waals surface area contributed by atoms with Gasteiger partial charge in [-0.1, -0.05) is 20.8 Å². The molecule has 1 aliphatic carbocycles. The fourth-order valence-corrected chi connectivity index (χ4v) is 4.29. The predicted molar refractivity (Wildman–Crippen MR) is 91.3 cm³/mol. The third-order valence-corrected chi connectivity index (χ3v) is 10.3. The maximum absolute atomic E-state index is 12.0. The van der Waals surface area contributed by atoms with E-state index in [-0.39, 0.29) is 15.4 Å². The summed E-state index contributed by atoms with van der Waals surface area (Å²) in [6.07, 6.45) is 1.64. The quantitative estimate of drug-likeness (QED) is 0.721. The van der Waals surface area contributed by atoms with Crippen LogP contribution in [0.2, 0.25) is 18.1 Å². The van der Waals surface area contributed by atoms with Crippen LogP contribution in [0.15, 0.2) is 4.40 Å². The minimum atomic E-state index is -1.75. The molecule has 0 aromatic carbocycles. The molecule has 0 unspecified atom stereocenters. The molecule has 5 heteroatoms. The molecule has 20 heavy (non-hydrogen) atoms. The summed E-state index contributed by atoms with van der Waals surface area (Å²) in [7, 11) is -2.89. The van der Waals surface area contributed by atoms with Crippen LogP contribution < -0.4 is 0 Å². The molecule has 0 radical (unpaired) electrons. The van der Waals surface area contributed by atoms with Crippen molar-refractivity contribution in [2.45, 2.75) is 89.8 Å². The molecule has 0 aromatic heterocycles. The Morgan fingerprint density at radius 2 is 1.60 bits per heavy atom. The second-order valence-corrected chi connectivity index (χ2v) is 15.3. The SMILES string of the molecule is CC1(O[Si](C)(C)C(C)(C)C)CC(=N[S@](=O)C(C)(C)C)C1. The van der Waals surface area contributed by atoms with Crippen molar-refractivity contribution in [3.8, 4) is 0 Å². The largest absolute Gasteiger partial charge is 0.411 e. The van der Waals surface area contributed by atoms with Gasteiger partial charge in [0.2, 0.25) is 0 Å². The van der Waals surface area contributed by atoms with Crippen LogP contribution in [0.4, 0.5) is 0 Å². The average Bonchev–Trinajstić information content (AvgIpc) is 2.10. The Morgan fingerprint density at radius 1 is 1.15 bits per heavy atom. The van der Waals surface area contributed by atoms with Crippen molar-refractivity contribution in [2.75, 3.05) is 0 Å². The molecule has 0 spiro atoms. The van der Waals surface area contributed by atoms with Gasteiger partial charge in [0.1, 0.15) is 11.0 Å². The standard InChI is InChI=1S/C15H31NO2SSi/c1-13(2,3)19(17)16-12-10-15(7,11-12)18-20(8,9)14(4,5)6/h10-11H2,1-9H3/t15?,19-/m1/s1. The fraction of sp³-hybridized carbons (Fsp3) is 0.933. The monoisotopic (exact) mass is 317 g/mol. The molecular formula is C15H31NO2SSi. The molecule has 1 atom stereocenters. The lowest BCUT2D eigenvalue weighted by Gasteiger charge is -2.48. The zero-order chi connectivity index (χ0) is 16.0. The summed E-state index contributed by atoms with van der Waals surface area (Å²) in [6.45, 7) is 19.3. The number of nitrogens with zero attached hydrogens (tertiary/aromatic N) is 1. The van der Waals surface area contributed by atoms with Crippen LogP contribution >= 0.6 is 0 Å². The van der Waals surface area contributed by atoms with E-state index >= 15 is 0 Å². The highest BCUT2D eigenvalue weighted by Gasteiger charge is 2.47. The van der Waals surface area contributed by atoms with Crippen molar-refractivity contribution in [3.05, 3.63) is 0 Å². The molecular weight excluding hydrogens is 286 g/mol. The molecule has 0 heterocycles. The van der Waals surface area contributed by atoms with Crippen LogP contribution in [0.5, 0.6) is 0 Å². The summed E-state index contributed by atoms with van der Waals surface area (Å²) in [5.74, 6) is 0. The Kier molecular flexibility index (Phi) is 4.80. The molecule has 0 saturated heterocycles. The van der Waals surface area contributed by atoms with Gasteiger partial charge >= 0.3 is 0 Å². The highest BCUT2D eigenvalue weighted by Crippen LogP contribution is 2.44. The van der Waals surface area contributed by atoms with Crippen molar-refractivity contribution in [2.24, 2.45) is 4.40 Å². The van der Waals surface area contributed by atoms with Gasteiger partial charge in [0, 0.05) is 18.6 Å². The predicted octanol–water partition coefficient (Wildman–Crippen LogP) is 4.46. The van der Waals surface area contributed by atoms with Crippen molar-refractivity contribution in [3.63, 3.8) is 0 Å². The molecule has 0 amide bonds. The zero-order valence-corrected chi connectivity index (χ0v) is 16.4. The van der Waals surface area contributed by atoms with Gasteiger partial charge in [-0.2, -0.15) is 4.40 Å². The molecule has 1 rings (SSSR count). The summed E-state index contributed by atoms with van der Waals surface area (Å²) < 4.78 is 22.6. The fourth-order valence-electron chi connectivity index (χ4n) is 1.97. The van der Waals surface area contributed by atoms with Gasteiger partial charge in [-0.25, -0.2) is 4.21 Å². The highest BCUT2D eigenvalue weighted by atomic mass is 32.2. The van der Waals surface area contributed by atoms with Gasteiger partial charge in [-0.15, -0.1) is 0 Å². The lowest BCUT2D eigenvalue weighted by molar-refractivity contribution is 0.0622. The normalized spacial score (nSPS) is 26.1. The number of rotatable bonds is 3. The van der Waals surface area contributed by atoms with Gasteiger partial charge in [0.15, 0.2) is 8.32 Å². The van der Waals surface area contributed by atoms with Gasteiger partial charge in [0.25, 0.3) is 0 Å². The van der Waals surface area contributed by atoms with E-state index in [4.69, 9.17) is 4.43 Å². The first-order valence-corrected chi connectivity index (χ1v) is 11.4. The van der Waals surface area contributed by atoms with Crippen LogP contribution in [0.1, 0.15) is 61.3 Å². The van der Waals surface area contributed by atoms with Crippen LogP contribution in [0.25, 0.3) is 0 Å². The third kappa shape index (κ3) is 4.24. The summed E-state index contributed by atoms with van der Waals surface area (Å²) in [5, 5.41) is 0.219. The first-order valence-electron chi connectivity index (χ1n) is 7.35. The Morgan fingerprint density at radius 3 is 1.95 bits per heavy atom. The molecule has 3 nitrogen and oxygen atoms in total. The van der Waals surface area contributed by atoms with Crippen LogP contribution in [0, 0.1) is 0 Å². The van der Waals surface area contributed by atoms with Crippen LogP contribution in [0.3, 0.4) is 0 Å². The van der Waals surface area contributed by atoms with Gasteiger partial charge in [0.05, 0.1) is 10.3 Å². The average molecular weight is 318 g/mol. The van der Waals surface area contributed by atoms with Crippen LogP contribution in [-0.2, 0) is 15.4 Å². The van der Waals surface area contributed by atoms with Gasteiger partial charge < -0.3 is 4.43 Å². The van der Waals surface area contributed by atoms with E-state index in [1.807, 2.05) is 20.8 Å². The maximum atomic E-state index is 12.0. The van der Waals surface area contributed by atoms with Crippen molar-refractivity contribution in [1.29, 1.82) is 0 Å². The molecule has 0 aliphatic heterocycles. The lowest BCUT2D eigenvalue weighted by atomic mass is 9.80. The smallest absolute Gasteiger partial charge is 0.192 e. The summed E-state index contributed by atoms with van der Waals surface area (Å²) >= 11 is 0. The van der Waals surface area contributed by atoms with Gasteiger partial charge in [-0.05, 0) is 45.8 Å². The summed E-state index contributed by atoms with van der Waals surface area (Å²) in [6, 6.07) is 0. The van der Waals surface area contributed by atoms with Crippen molar-refractivity contribution < 1.29 is 8.63 Å². The highest BCUT2D eigenvalue weighted by molar-refractivity contribution is 7.85. The molecule has 118 valence electrons. The minimum absolute atomic E-state index is 0.107. The summed E-state index contributed by atoms with van der Waals surface area (Å²) in [4.78, 5) is 0. The second-order valence-electron chi connectivity index (χ2n) is 8.68. The molecule has 0 aromatic rings. The van der Waals surface area contributed by atoms with E-state index in [0.717, 1.165) is 18.6 Å². The number of hydrogen-bond acceptors (Lipinski definition) is 2. The molecule has 0 bridgehead atoms. The van der Waals surface area contributed by atoms with E-state index in [1.54, 1.807) is 0 Å². The Bertz CT molecular complexity index is 422. The second kappa shape index (κ2) is 5.32. The van der Waals surface area contributed by atoms with E-state index in [2.05, 4.69) is 45.2 Å². The topological polar surface area (TPSA) is 38.7 Å².